The van der Waals surface area contributed by atoms with Crippen LogP contribution in [0.4, 0.5) is 0 Å². The lowest BCUT2D eigenvalue weighted by atomic mass is 9.85. The average molecular weight is 230 g/mol. The first kappa shape index (κ1) is 13.4. The van der Waals surface area contributed by atoms with Gasteiger partial charge in [-0.25, -0.2) is 0 Å². The Labute approximate surface area is 96.7 Å². The van der Waals surface area contributed by atoms with Gasteiger partial charge in [0, 0.05) is 18.5 Å². The van der Waals surface area contributed by atoms with E-state index in [0.717, 1.165) is 0 Å². The Morgan fingerprint density at radius 3 is 2.62 bits per heavy atom. The third kappa shape index (κ3) is 3.17. The van der Waals surface area contributed by atoms with Crippen molar-refractivity contribution >= 4 is 5.91 Å². The van der Waals surface area contributed by atoms with Gasteiger partial charge in [0.2, 0.25) is 5.91 Å². The summed E-state index contributed by atoms with van der Waals surface area (Å²) in [7, 11) is 0. The van der Waals surface area contributed by atoms with Crippen LogP contribution in [0.25, 0.3) is 0 Å². The molecule has 1 saturated heterocycles. The maximum atomic E-state index is 11.9. The number of amides is 1. The number of hydrogen-bond donors (Lipinski definition) is 2. The second kappa shape index (κ2) is 4.69. The van der Waals surface area contributed by atoms with Crippen molar-refractivity contribution in [3.8, 4) is 0 Å². The molecular weight excluding hydrogens is 208 g/mol. The SMILES string of the molecule is CC1(C)OCC(C)(C)C(C(=O)NCCN)O1. The molecule has 94 valence electrons. The van der Waals surface area contributed by atoms with Gasteiger partial charge in [-0.2, -0.15) is 0 Å². The summed E-state index contributed by atoms with van der Waals surface area (Å²) >= 11 is 0. The molecule has 5 nitrogen and oxygen atoms in total. The first-order valence-electron chi connectivity index (χ1n) is 5.58. The molecule has 1 unspecified atom stereocenters. The Morgan fingerprint density at radius 2 is 2.06 bits per heavy atom. The lowest BCUT2D eigenvalue weighted by Gasteiger charge is -2.44. The minimum Gasteiger partial charge on any atom is -0.353 e. The van der Waals surface area contributed by atoms with E-state index in [1.54, 1.807) is 0 Å². The Balaban J connectivity index is 2.69. The van der Waals surface area contributed by atoms with E-state index in [0.29, 0.717) is 19.7 Å². The second-order valence-corrected chi connectivity index (χ2v) is 5.25. The molecule has 0 radical (unpaired) electrons. The summed E-state index contributed by atoms with van der Waals surface area (Å²) < 4.78 is 11.2. The number of carbonyl (C=O) groups is 1. The first-order chi connectivity index (χ1) is 7.28. The van der Waals surface area contributed by atoms with Gasteiger partial charge in [0.25, 0.3) is 0 Å². The highest BCUT2D eigenvalue weighted by Crippen LogP contribution is 2.34. The van der Waals surface area contributed by atoms with Gasteiger partial charge in [0.15, 0.2) is 5.79 Å². The number of hydrogen-bond acceptors (Lipinski definition) is 4. The van der Waals surface area contributed by atoms with Crippen LogP contribution in [0.3, 0.4) is 0 Å². The van der Waals surface area contributed by atoms with Crippen molar-refractivity contribution in [2.75, 3.05) is 19.7 Å². The Kier molecular flexibility index (Phi) is 3.93. The first-order valence-corrected chi connectivity index (χ1v) is 5.58. The zero-order chi connectivity index (χ0) is 12.4. The molecule has 1 fully saturated rings. The normalized spacial score (nSPS) is 27.4. The second-order valence-electron chi connectivity index (χ2n) is 5.25. The molecule has 16 heavy (non-hydrogen) atoms. The molecule has 0 bridgehead atoms. The Bertz CT molecular complexity index is 264. The van der Waals surface area contributed by atoms with Crippen molar-refractivity contribution < 1.29 is 14.3 Å². The summed E-state index contributed by atoms with van der Waals surface area (Å²) in [6, 6.07) is 0. The predicted molar refractivity (Wildman–Crippen MR) is 60.7 cm³/mol. The van der Waals surface area contributed by atoms with Gasteiger partial charge < -0.3 is 20.5 Å². The van der Waals surface area contributed by atoms with Gasteiger partial charge >= 0.3 is 0 Å². The van der Waals surface area contributed by atoms with Crippen LogP contribution in [0.15, 0.2) is 0 Å². The number of carbonyl (C=O) groups excluding carboxylic acids is 1. The van der Waals surface area contributed by atoms with E-state index in [2.05, 4.69) is 5.32 Å². The molecule has 0 aliphatic carbocycles. The molecule has 0 spiro atoms. The summed E-state index contributed by atoms with van der Waals surface area (Å²) in [5.41, 5.74) is 5.02. The van der Waals surface area contributed by atoms with Gasteiger partial charge in [-0.05, 0) is 13.8 Å². The van der Waals surface area contributed by atoms with Crippen LogP contribution in [0.2, 0.25) is 0 Å². The predicted octanol–water partition coefficient (Wildman–Crippen LogP) is 0.239. The van der Waals surface area contributed by atoms with Gasteiger partial charge in [-0.1, -0.05) is 13.8 Å². The molecule has 3 N–H and O–H groups in total. The molecule has 1 rings (SSSR count). The smallest absolute Gasteiger partial charge is 0.249 e. The largest absolute Gasteiger partial charge is 0.353 e. The van der Waals surface area contributed by atoms with E-state index in [1.807, 2.05) is 27.7 Å². The average Bonchev–Trinajstić information content (AvgIpc) is 2.19. The summed E-state index contributed by atoms with van der Waals surface area (Å²) in [6.07, 6.45) is -0.497. The highest BCUT2D eigenvalue weighted by Gasteiger charge is 2.45. The number of rotatable bonds is 3. The Hall–Kier alpha value is -0.650. The molecule has 1 heterocycles. The highest BCUT2D eigenvalue weighted by molar-refractivity contribution is 5.81. The van der Waals surface area contributed by atoms with E-state index >= 15 is 0 Å². The number of nitrogens with two attached hydrogens (primary N) is 1. The molecule has 1 aliphatic heterocycles. The maximum absolute atomic E-state index is 11.9. The quantitative estimate of drug-likeness (QED) is 0.728. The molecule has 0 aromatic rings. The van der Waals surface area contributed by atoms with Gasteiger partial charge in [0.05, 0.1) is 6.61 Å². The molecule has 1 aliphatic rings. The zero-order valence-electron chi connectivity index (χ0n) is 10.5. The van der Waals surface area contributed by atoms with Crippen LogP contribution in [-0.2, 0) is 14.3 Å². The topological polar surface area (TPSA) is 73.6 Å². The Morgan fingerprint density at radius 1 is 1.44 bits per heavy atom. The lowest BCUT2D eigenvalue weighted by Crippen LogP contribution is -2.56. The standard InChI is InChI=1S/C11H22N2O3/c1-10(2)7-15-11(3,4)16-8(10)9(14)13-6-5-12/h8H,5-7,12H2,1-4H3,(H,13,14). The van der Waals surface area contributed by atoms with E-state index < -0.39 is 11.9 Å². The van der Waals surface area contributed by atoms with Crippen molar-refractivity contribution in [3.63, 3.8) is 0 Å². The van der Waals surface area contributed by atoms with E-state index in [-0.39, 0.29) is 11.3 Å². The molecule has 0 aromatic carbocycles. The third-order valence-corrected chi connectivity index (χ3v) is 2.58. The van der Waals surface area contributed by atoms with Crippen molar-refractivity contribution in [2.24, 2.45) is 11.1 Å². The third-order valence-electron chi connectivity index (χ3n) is 2.58. The molecular formula is C11H22N2O3. The molecule has 5 heteroatoms. The van der Waals surface area contributed by atoms with Crippen molar-refractivity contribution in [1.29, 1.82) is 0 Å². The van der Waals surface area contributed by atoms with E-state index in [9.17, 15) is 4.79 Å². The monoisotopic (exact) mass is 230 g/mol. The van der Waals surface area contributed by atoms with Crippen LogP contribution in [0, 0.1) is 5.41 Å². The fraction of sp³-hybridized carbons (Fsp3) is 0.909. The fourth-order valence-electron chi connectivity index (χ4n) is 1.61. The van der Waals surface area contributed by atoms with Crippen molar-refractivity contribution in [2.45, 2.75) is 39.6 Å². The van der Waals surface area contributed by atoms with Crippen LogP contribution >= 0.6 is 0 Å². The summed E-state index contributed by atoms with van der Waals surface area (Å²) in [6.45, 7) is 8.93. The van der Waals surface area contributed by atoms with E-state index in [1.165, 1.54) is 0 Å². The summed E-state index contributed by atoms with van der Waals surface area (Å²) in [5.74, 6) is -0.827. The molecule has 1 amide bonds. The number of nitrogens with one attached hydrogen (secondary N) is 1. The van der Waals surface area contributed by atoms with Gasteiger partial charge in [-0.15, -0.1) is 0 Å². The van der Waals surface area contributed by atoms with Crippen LogP contribution < -0.4 is 11.1 Å². The van der Waals surface area contributed by atoms with Crippen LogP contribution in [-0.4, -0.2) is 37.5 Å². The maximum Gasteiger partial charge on any atom is 0.249 e. The number of ether oxygens (including phenoxy) is 2. The van der Waals surface area contributed by atoms with Crippen LogP contribution in [0.5, 0.6) is 0 Å². The molecule has 0 aromatic heterocycles. The van der Waals surface area contributed by atoms with E-state index in [4.69, 9.17) is 15.2 Å². The summed E-state index contributed by atoms with van der Waals surface area (Å²) in [5, 5.41) is 2.75. The minimum absolute atomic E-state index is 0.119. The van der Waals surface area contributed by atoms with Crippen molar-refractivity contribution in [3.05, 3.63) is 0 Å². The van der Waals surface area contributed by atoms with Gasteiger partial charge in [0.1, 0.15) is 6.10 Å². The van der Waals surface area contributed by atoms with Crippen LogP contribution in [0.1, 0.15) is 27.7 Å². The zero-order valence-corrected chi connectivity index (χ0v) is 10.5. The molecule has 0 saturated carbocycles. The minimum atomic E-state index is -0.708. The summed E-state index contributed by atoms with van der Waals surface area (Å²) in [4.78, 5) is 11.9. The fourth-order valence-corrected chi connectivity index (χ4v) is 1.61. The van der Waals surface area contributed by atoms with Gasteiger partial charge in [-0.3, -0.25) is 4.79 Å². The lowest BCUT2D eigenvalue weighted by molar-refractivity contribution is -0.304. The van der Waals surface area contributed by atoms with Crippen molar-refractivity contribution in [1.82, 2.24) is 5.32 Å². The molecule has 1 atom stereocenters. The highest BCUT2D eigenvalue weighted by atomic mass is 16.7.